The van der Waals surface area contributed by atoms with E-state index in [4.69, 9.17) is 11.6 Å². The summed E-state index contributed by atoms with van der Waals surface area (Å²) in [5.41, 5.74) is 1.62. The molecule has 1 aromatic carbocycles. The molecule has 16 heavy (non-hydrogen) atoms. The molecular weight excluding hydrogens is 315 g/mol. The number of halogens is 3. The fourth-order valence-electron chi connectivity index (χ4n) is 1.21. The number of hydrogen-bond donors (Lipinski definition) is 1. The van der Waals surface area contributed by atoms with Crippen molar-refractivity contribution >= 4 is 49.7 Å². The van der Waals surface area contributed by atoms with E-state index >= 15 is 0 Å². The number of aryl methyl sites for hydroxylation is 1. The first-order chi connectivity index (χ1) is 7.56. The Balaban J connectivity index is 2.31. The molecule has 0 saturated carbocycles. The molecule has 0 amide bonds. The summed E-state index contributed by atoms with van der Waals surface area (Å²) in [6.07, 6.45) is 0. The van der Waals surface area contributed by atoms with Gasteiger partial charge in [0.1, 0.15) is 11.0 Å². The van der Waals surface area contributed by atoms with Crippen LogP contribution in [0.15, 0.2) is 22.0 Å². The third-order valence-corrected chi connectivity index (χ3v) is 3.67. The summed E-state index contributed by atoms with van der Waals surface area (Å²) >= 11 is 10.3. The molecule has 2 nitrogen and oxygen atoms in total. The first-order valence-electron chi connectivity index (χ1n) is 4.40. The molecule has 2 aromatic rings. The number of thiazole rings is 1. The van der Waals surface area contributed by atoms with Crippen LogP contribution in [0, 0.1) is 12.7 Å². The number of nitrogens with zero attached hydrogens (tertiary/aromatic N) is 1. The van der Waals surface area contributed by atoms with Crippen LogP contribution in [-0.4, -0.2) is 4.98 Å². The van der Waals surface area contributed by atoms with Crippen molar-refractivity contribution in [3.05, 3.63) is 38.5 Å². The summed E-state index contributed by atoms with van der Waals surface area (Å²) < 4.78 is 13.6. The minimum absolute atomic E-state index is 0.278. The lowest BCUT2D eigenvalue weighted by molar-refractivity contribution is 0.620. The fourth-order valence-corrected chi connectivity index (χ4v) is 2.40. The van der Waals surface area contributed by atoms with Gasteiger partial charge >= 0.3 is 0 Å². The van der Waals surface area contributed by atoms with Gasteiger partial charge < -0.3 is 5.32 Å². The van der Waals surface area contributed by atoms with Crippen LogP contribution in [0.3, 0.4) is 0 Å². The van der Waals surface area contributed by atoms with E-state index in [-0.39, 0.29) is 5.82 Å². The van der Waals surface area contributed by atoms with Crippen LogP contribution in [0.25, 0.3) is 0 Å². The normalized spacial score (nSPS) is 10.5. The molecule has 6 heteroatoms. The minimum Gasteiger partial charge on any atom is -0.331 e. The second kappa shape index (κ2) is 4.69. The van der Waals surface area contributed by atoms with Gasteiger partial charge in [-0.15, -0.1) is 11.3 Å². The summed E-state index contributed by atoms with van der Waals surface area (Å²) in [4.78, 5) is 4.06. The van der Waals surface area contributed by atoms with Crippen molar-refractivity contribution in [2.75, 3.05) is 5.32 Å². The number of aromatic nitrogens is 1. The molecule has 0 spiro atoms. The van der Waals surface area contributed by atoms with E-state index in [0.29, 0.717) is 14.8 Å². The number of hydrogen-bond acceptors (Lipinski definition) is 3. The van der Waals surface area contributed by atoms with E-state index in [9.17, 15) is 4.39 Å². The Labute approximate surface area is 110 Å². The minimum atomic E-state index is -0.278. The summed E-state index contributed by atoms with van der Waals surface area (Å²) in [7, 11) is 0. The molecule has 1 aromatic heterocycles. The third-order valence-electron chi connectivity index (χ3n) is 1.99. The second-order valence-corrected chi connectivity index (χ2v) is 5.28. The number of nitrogens with one attached hydrogen (secondary N) is 1. The SMILES string of the molecule is Cc1cc(F)c(Br)cc1Nc1nc(Cl)cs1. The first kappa shape index (κ1) is 11.8. The maximum absolute atomic E-state index is 13.2. The Kier molecular flexibility index (Phi) is 3.47. The van der Waals surface area contributed by atoms with Gasteiger partial charge in [-0.2, -0.15) is 0 Å². The molecule has 84 valence electrons. The Bertz CT molecular complexity index is 530. The topological polar surface area (TPSA) is 24.9 Å². The molecule has 0 aliphatic rings. The van der Waals surface area contributed by atoms with Gasteiger partial charge in [-0.3, -0.25) is 0 Å². The molecule has 2 rings (SSSR count). The van der Waals surface area contributed by atoms with Crippen molar-refractivity contribution in [1.82, 2.24) is 4.98 Å². The zero-order chi connectivity index (χ0) is 11.7. The average Bonchev–Trinajstić information content (AvgIpc) is 2.60. The quantitative estimate of drug-likeness (QED) is 0.863. The smallest absolute Gasteiger partial charge is 0.188 e. The largest absolute Gasteiger partial charge is 0.331 e. The van der Waals surface area contributed by atoms with Crippen molar-refractivity contribution < 1.29 is 4.39 Å². The number of anilines is 2. The Morgan fingerprint density at radius 2 is 2.25 bits per heavy atom. The highest BCUT2D eigenvalue weighted by Crippen LogP contribution is 2.29. The zero-order valence-electron chi connectivity index (χ0n) is 8.22. The van der Waals surface area contributed by atoms with Crippen molar-refractivity contribution in [1.29, 1.82) is 0 Å². The molecule has 0 fully saturated rings. The predicted molar refractivity (Wildman–Crippen MR) is 69.2 cm³/mol. The van der Waals surface area contributed by atoms with Crippen LogP contribution in [0.1, 0.15) is 5.56 Å². The van der Waals surface area contributed by atoms with Crippen LogP contribution in [0.4, 0.5) is 15.2 Å². The third kappa shape index (κ3) is 2.53. The lowest BCUT2D eigenvalue weighted by atomic mass is 10.2. The van der Waals surface area contributed by atoms with Gasteiger partial charge in [-0.05, 0) is 40.5 Å². The Hall–Kier alpha value is -0.650. The Morgan fingerprint density at radius 3 is 2.88 bits per heavy atom. The van der Waals surface area contributed by atoms with Crippen molar-refractivity contribution in [2.24, 2.45) is 0 Å². The van der Waals surface area contributed by atoms with Gasteiger partial charge in [-0.25, -0.2) is 9.37 Å². The maximum Gasteiger partial charge on any atom is 0.188 e. The van der Waals surface area contributed by atoms with Gasteiger partial charge in [0.2, 0.25) is 0 Å². The van der Waals surface area contributed by atoms with Crippen molar-refractivity contribution in [3.8, 4) is 0 Å². The van der Waals surface area contributed by atoms with Crippen LogP contribution in [0.5, 0.6) is 0 Å². The van der Waals surface area contributed by atoms with Crippen molar-refractivity contribution in [2.45, 2.75) is 6.92 Å². The van der Waals surface area contributed by atoms with E-state index in [1.54, 1.807) is 11.4 Å². The van der Waals surface area contributed by atoms with Crippen LogP contribution >= 0.6 is 38.9 Å². The van der Waals surface area contributed by atoms with Gasteiger partial charge in [0.25, 0.3) is 0 Å². The average molecular weight is 322 g/mol. The molecule has 0 radical (unpaired) electrons. The lowest BCUT2D eigenvalue weighted by Gasteiger charge is -2.07. The van der Waals surface area contributed by atoms with Gasteiger partial charge in [0.05, 0.1) is 4.47 Å². The second-order valence-electron chi connectivity index (χ2n) is 3.18. The standard InChI is InChI=1S/C10H7BrClFN2S/c1-5-2-7(13)6(11)3-8(5)14-10-15-9(12)4-16-10/h2-4H,1H3,(H,14,15). The summed E-state index contributed by atoms with van der Waals surface area (Å²) in [6.45, 7) is 1.83. The summed E-state index contributed by atoms with van der Waals surface area (Å²) in [5, 5.41) is 5.96. The lowest BCUT2D eigenvalue weighted by Crippen LogP contribution is -1.94. The summed E-state index contributed by atoms with van der Waals surface area (Å²) in [6, 6.07) is 3.14. The van der Waals surface area contributed by atoms with Crippen LogP contribution < -0.4 is 5.32 Å². The van der Waals surface area contributed by atoms with E-state index < -0.39 is 0 Å². The van der Waals surface area contributed by atoms with Gasteiger partial charge in [-0.1, -0.05) is 11.6 Å². The molecule has 0 aliphatic heterocycles. The molecule has 0 atom stereocenters. The van der Waals surface area contributed by atoms with Gasteiger partial charge in [0, 0.05) is 11.1 Å². The first-order valence-corrected chi connectivity index (χ1v) is 6.45. The molecule has 0 saturated heterocycles. The molecule has 0 unspecified atom stereocenters. The van der Waals surface area contributed by atoms with E-state index in [1.807, 2.05) is 6.92 Å². The summed E-state index contributed by atoms with van der Waals surface area (Å²) in [5.74, 6) is -0.278. The van der Waals surface area contributed by atoms with Crippen molar-refractivity contribution in [3.63, 3.8) is 0 Å². The van der Waals surface area contributed by atoms with Crippen LogP contribution in [0.2, 0.25) is 5.15 Å². The molecule has 0 bridgehead atoms. The van der Waals surface area contributed by atoms with E-state index in [1.165, 1.54) is 17.4 Å². The molecule has 0 aliphatic carbocycles. The highest BCUT2D eigenvalue weighted by atomic mass is 79.9. The number of rotatable bonds is 2. The van der Waals surface area contributed by atoms with Gasteiger partial charge in [0.15, 0.2) is 5.13 Å². The van der Waals surface area contributed by atoms with Crippen LogP contribution in [-0.2, 0) is 0 Å². The monoisotopic (exact) mass is 320 g/mol. The molecule has 1 N–H and O–H groups in total. The molecule has 1 heterocycles. The highest BCUT2D eigenvalue weighted by molar-refractivity contribution is 9.10. The zero-order valence-corrected chi connectivity index (χ0v) is 11.4. The maximum atomic E-state index is 13.2. The Morgan fingerprint density at radius 1 is 1.50 bits per heavy atom. The fraction of sp³-hybridized carbons (Fsp3) is 0.100. The van der Waals surface area contributed by atoms with E-state index in [2.05, 4.69) is 26.2 Å². The van der Waals surface area contributed by atoms with E-state index in [0.717, 1.165) is 11.3 Å². The predicted octanol–water partition coefficient (Wildman–Crippen LogP) is 4.75. The molecular formula is C10H7BrClFN2S. The highest BCUT2D eigenvalue weighted by Gasteiger charge is 2.07. The number of benzene rings is 1.